The Hall–Kier alpha value is -6.52. The molecule has 0 saturated carbocycles. The minimum Gasteiger partial charge on any atom is -0.310 e. The van der Waals surface area contributed by atoms with Crippen molar-refractivity contribution in [3.05, 3.63) is 269 Å². The van der Waals surface area contributed by atoms with E-state index in [1.54, 1.807) is 0 Å². The lowest BCUT2D eigenvalue weighted by Gasteiger charge is -2.35. The van der Waals surface area contributed by atoms with Crippen LogP contribution in [0.3, 0.4) is 0 Å². The predicted octanol–water partition coefficient (Wildman–Crippen LogP) is 15.0. The van der Waals surface area contributed by atoms with E-state index in [1.165, 1.54) is 76.6 Å². The molecule has 1 aliphatic heterocycles. The summed E-state index contributed by atoms with van der Waals surface area (Å²) in [6, 6.07) is 84.0. The molecular weight excluding hydrogens is 763 g/mol. The molecule has 0 spiro atoms. The van der Waals surface area contributed by atoms with E-state index < -0.39 is 10.8 Å². The van der Waals surface area contributed by atoms with Crippen LogP contribution in [0.2, 0.25) is 0 Å². The fourth-order valence-electron chi connectivity index (χ4n) is 10.6. The lowest BCUT2D eigenvalue weighted by molar-refractivity contribution is 0.768. The molecule has 9 aromatic carbocycles. The average molecular weight is 802 g/mol. The van der Waals surface area contributed by atoms with Crippen molar-refractivity contribution in [2.75, 3.05) is 9.98 Å². The number of rotatable bonds is 7. The smallest absolute Gasteiger partial charge is 0.0714 e. The molecule has 0 aromatic heterocycles. The summed E-state index contributed by atoms with van der Waals surface area (Å²) in [4.78, 5) is 5.21. The van der Waals surface area contributed by atoms with Gasteiger partial charge < -0.3 is 4.90 Å². The summed E-state index contributed by atoms with van der Waals surface area (Å²) in [5.74, 6) is 0. The maximum atomic E-state index is 2.50. The third kappa shape index (κ3) is 5.09. The minimum absolute atomic E-state index is 0.455. The first-order chi connectivity index (χ1) is 29.8. The van der Waals surface area contributed by atoms with Gasteiger partial charge in [0.15, 0.2) is 0 Å². The first kappa shape index (κ1) is 35.4. The summed E-state index contributed by atoms with van der Waals surface area (Å²) in [6.07, 6.45) is 0. The Kier molecular flexibility index (Phi) is 8.30. The molecule has 3 heteroatoms. The van der Waals surface area contributed by atoms with Gasteiger partial charge in [-0.05, 0) is 109 Å². The number of anilines is 3. The average Bonchev–Trinajstić information content (AvgIpc) is 4.00. The molecule has 284 valence electrons. The fraction of sp³-hybridized carbons (Fsp3) is 0.0526. The van der Waals surface area contributed by atoms with E-state index in [2.05, 4.69) is 229 Å². The monoisotopic (exact) mass is 801 g/mol. The van der Waals surface area contributed by atoms with E-state index in [1.807, 2.05) is 23.5 Å². The molecule has 2 aliphatic carbocycles. The Morgan fingerprint density at radius 2 is 0.700 bits per heavy atom. The maximum Gasteiger partial charge on any atom is 0.0714 e. The summed E-state index contributed by atoms with van der Waals surface area (Å²) >= 11 is 3.87. The second kappa shape index (κ2) is 14.1. The molecule has 0 bridgehead atoms. The molecule has 0 radical (unpaired) electrons. The van der Waals surface area contributed by atoms with E-state index in [4.69, 9.17) is 0 Å². The highest BCUT2D eigenvalue weighted by molar-refractivity contribution is 8.18. The van der Waals surface area contributed by atoms with Gasteiger partial charge in [0.1, 0.15) is 0 Å². The normalized spacial score (nSPS) is 14.7. The van der Waals surface area contributed by atoms with Crippen LogP contribution in [0, 0.1) is 0 Å². The molecule has 0 N–H and O–H groups in total. The third-order valence-electron chi connectivity index (χ3n) is 13.0. The molecule has 60 heavy (non-hydrogen) atoms. The van der Waals surface area contributed by atoms with Gasteiger partial charge in [-0.1, -0.05) is 182 Å². The molecule has 0 amide bonds. The number of thioether (sulfide) groups is 2. The topological polar surface area (TPSA) is 3.24 Å². The van der Waals surface area contributed by atoms with Crippen LogP contribution in [-0.4, -0.2) is 5.08 Å². The fourth-order valence-corrected chi connectivity index (χ4v) is 13.0. The first-order valence-corrected chi connectivity index (χ1v) is 22.6. The van der Waals surface area contributed by atoms with Crippen LogP contribution < -0.4 is 4.90 Å². The molecular formula is C57H39NS2. The highest BCUT2D eigenvalue weighted by Crippen LogP contribution is 2.59. The van der Waals surface area contributed by atoms with Gasteiger partial charge in [0, 0.05) is 31.9 Å². The van der Waals surface area contributed by atoms with Crippen molar-refractivity contribution in [2.45, 2.75) is 20.6 Å². The summed E-state index contributed by atoms with van der Waals surface area (Å²) < 4.78 is 0. The Morgan fingerprint density at radius 1 is 0.300 bits per heavy atom. The van der Waals surface area contributed by atoms with Crippen molar-refractivity contribution in [2.24, 2.45) is 0 Å². The minimum atomic E-state index is -0.498. The molecule has 0 fully saturated rings. The highest BCUT2D eigenvalue weighted by atomic mass is 32.2. The largest absolute Gasteiger partial charge is 0.310 e. The Bertz CT molecular complexity index is 2990. The van der Waals surface area contributed by atoms with Crippen molar-refractivity contribution in [1.82, 2.24) is 0 Å². The standard InChI is InChI=1S/C57H39NS2/c1-5-17-39(18-6-1)56(40-19-7-2-8-20-40)51-28-16-14-26-47(51)49-35-43(30-33-52(49)56)58(45-31-34-54-55(37-45)60-38-59-54)44-29-32-48-46-25-13-15-27-50(46)57(53(48)36-44,41-21-9-3-10-22-41)42-23-11-4-12-24-42/h1-37H,38H2. The van der Waals surface area contributed by atoms with E-state index in [9.17, 15) is 0 Å². The summed E-state index contributed by atoms with van der Waals surface area (Å²) in [6.45, 7) is 0. The van der Waals surface area contributed by atoms with Gasteiger partial charge in [-0.3, -0.25) is 0 Å². The first-order valence-electron chi connectivity index (χ1n) is 20.7. The van der Waals surface area contributed by atoms with Gasteiger partial charge >= 0.3 is 0 Å². The highest BCUT2D eigenvalue weighted by Gasteiger charge is 2.48. The van der Waals surface area contributed by atoms with Crippen molar-refractivity contribution in [3.8, 4) is 22.3 Å². The van der Waals surface area contributed by atoms with Gasteiger partial charge in [-0.2, -0.15) is 0 Å². The summed E-state index contributed by atoms with van der Waals surface area (Å²) in [5, 5.41) is 1.04. The lowest BCUT2D eigenvalue weighted by atomic mass is 9.67. The number of benzene rings is 9. The van der Waals surface area contributed by atoms with Crippen LogP contribution in [0.4, 0.5) is 17.1 Å². The zero-order valence-electron chi connectivity index (χ0n) is 32.8. The molecule has 3 aliphatic rings. The second-order valence-electron chi connectivity index (χ2n) is 15.9. The molecule has 0 atom stereocenters. The summed E-state index contributed by atoms with van der Waals surface area (Å²) in [7, 11) is 0. The molecule has 0 saturated heterocycles. The van der Waals surface area contributed by atoms with Crippen LogP contribution in [0.5, 0.6) is 0 Å². The van der Waals surface area contributed by atoms with Crippen LogP contribution in [-0.2, 0) is 10.8 Å². The maximum absolute atomic E-state index is 2.50. The molecule has 1 heterocycles. The van der Waals surface area contributed by atoms with Gasteiger partial charge in [0.2, 0.25) is 0 Å². The Labute approximate surface area is 360 Å². The lowest BCUT2D eigenvalue weighted by Crippen LogP contribution is -2.29. The molecule has 1 nitrogen and oxygen atoms in total. The third-order valence-corrected chi connectivity index (χ3v) is 15.4. The van der Waals surface area contributed by atoms with Crippen molar-refractivity contribution in [3.63, 3.8) is 0 Å². The zero-order valence-corrected chi connectivity index (χ0v) is 34.5. The van der Waals surface area contributed by atoms with Crippen molar-refractivity contribution in [1.29, 1.82) is 0 Å². The SMILES string of the molecule is c1ccc(C2(c3ccccc3)c3ccccc3-c3cc(N(c4ccc5c(c4)SCS5)c4ccc5c(c4)C(c4ccccc4)(c4ccccc4)c4ccccc4-5)ccc32)cc1. The molecule has 9 aromatic rings. The number of nitrogens with zero attached hydrogens (tertiary/aromatic N) is 1. The predicted molar refractivity (Wildman–Crippen MR) is 252 cm³/mol. The van der Waals surface area contributed by atoms with Crippen LogP contribution in [0.15, 0.2) is 234 Å². The van der Waals surface area contributed by atoms with Gasteiger partial charge in [0.25, 0.3) is 0 Å². The van der Waals surface area contributed by atoms with E-state index in [-0.39, 0.29) is 0 Å². The molecule has 0 unspecified atom stereocenters. The number of fused-ring (bicyclic) bond motifs is 7. The van der Waals surface area contributed by atoms with Gasteiger partial charge in [-0.25, -0.2) is 0 Å². The Balaban J connectivity index is 1.12. The zero-order chi connectivity index (χ0) is 39.7. The van der Waals surface area contributed by atoms with Crippen LogP contribution in [0.25, 0.3) is 22.3 Å². The quantitative estimate of drug-likeness (QED) is 0.158. The van der Waals surface area contributed by atoms with Crippen molar-refractivity contribution < 1.29 is 0 Å². The number of hydrogen-bond acceptors (Lipinski definition) is 3. The van der Waals surface area contributed by atoms with E-state index in [0.29, 0.717) is 0 Å². The van der Waals surface area contributed by atoms with Crippen LogP contribution in [0.1, 0.15) is 44.5 Å². The molecule has 12 rings (SSSR count). The van der Waals surface area contributed by atoms with Crippen molar-refractivity contribution >= 4 is 40.6 Å². The number of hydrogen-bond donors (Lipinski definition) is 0. The van der Waals surface area contributed by atoms with E-state index in [0.717, 1.165) is 22.1 Å². The van der Waals surface area contributed by atoms with Gasteiger partial charge in [-0.15, -0.1) is 23.5 Å². The van der Waals surface area contributed by atoms with E-state index >= 15 is 0 Å². The second-order valence-corrected chi connectivity index (χ2v) is 18.3. The Morgan fingerprint density at radius 3 is 1.28 bits per heavy atom. The summed E-state index contributed by atoms with van der Waals surface area (Å²) in [5.41, 5.74) is 17.9. The van der Waals surface area contributed by atoms with Gasteiger partial charge in [0.05, 0.1) is 10.8 Å². The van der Waals surface area contributed by atoms with Crippen LogP contribution >= 0.6 is 23.5 Å².